The number of hydrogen-bond acceptors (Lipinski definition) is 9. The van der Waals surface area contributed by atoms with Crippen LogP contribution in [0, 0.1) is 6.92 Å². The van der Waals surface area contributed by atoms with E-state index in [0.717, 1.165) is 60.0 Å². The maximum absolute atomic E-state index is 9.68. The van der Waals surface area contributed by atoms with Crippen LogP contribution in [0.5, 0.6) is 0 Å². The standard InChI is InChI=1S/C25H28N6O3S/c1-18-3-6-20(15-23(18)31(17-32)34-35-2)27-24-9-10-30-25(28-24)22(16-26-30)19-4-7-21(8-5-19)29-11-13-33-14-12-29/h3-10,15-16,32H,11-14,17H2,1-2H3,(H,27,28). The highest BCUT2D eigenvalue weighted by molar-refractivity contribution is 7.93. The monoisotopic (exact) mass is 492 g/mol. The Labute approximate surface area is 208 Å². The molecule has 1 aliphatic heterocycles. The van der Waals surface area contributed by atoms with Gasteiger partial charge in [-0.3, -0.25) is 0 Å². The van der Waals surface area contributed by atoms with Crippen LogP contribution in [0.2, 0.25) is 0 Å². The minimum atomic E-state index is -0.251. The molecule has 1 fully saturated rings. The summed E-state index contributed by atoms with van der Waals surface area (Å²) in [5, 5.41) is 19.0. The normalized spacial score (nSPS) is 13.9. The first-order chi connectivity index (χ1) is 17.2. The van der Waals surface area contributed by atoms with Gasteiger partial charge in [-0.15, -0.1) is 0 Å². The highest BCUT2D eigenvalue weighted by Crippen LogP contribution is 2.29. The van der Waals surface area contributed by atoms with E-state index in [1.165, 1.54) is 22.8 Å². The Morgan fingerprint density at radius 1 is 1.14 bits per heavy atom. The van der Waals surface area contributed by atoms with Gasteiger partial charge in [0.25, 0.3) is 0 Å². The molecule has 0 saturated carbocycles. The molecule has 2 aromatic heterocycles. The van der Waals surface area contributed by atoms with E-state index >= 15 is 0 Å². The Morgan fingerprint density at radius 2 is 1.94 bits per heavy atom. The number of nitrogens with zero attached hydrogens (tertiary/aromatic N) is 5. The lowest BCUT2D eigenvalue weighted by atomic mass is 10.1. The predicted molar refractivity (Wildman–Crippen MR) is 140 cm³/mol. The first-order valence-corrected chi connectivity index (χ1v) is 12.6. The van der Waals surface area contributed by atoms with Gasteiger partial charge in [0.1, 0.15) is 12.5 Å². The molecule has 2 N–H and O–H groups in total. The van der Waals surface area contributed by atoms with E-state index in [-0.39, 0.29) is 6.73 Å². The molecule has 4 aromatic rings. The largest absolute Gasteiger partial charge is 0.378 e. The Hall–Kier alpha value is -3.31. The maximum atomic E-state index is 9.68. The van der Waals surface area contributed by atoms with Gasteiger partial charge in [-0.1, -0.05) is 18.2 Å². The molecular formula is C25H28N6O3S. The zero-order valence-corrected chi connectivity index (χ0v) is 20.5. The number of morpholine rings is 1. The molecule has 0 spiro atoms. The van der Waals surface area contributed by atoms with Gasteiger partial charge in [0.05, 0.1) is 25.1 Å². The summed E-state index contributed by atoms with van der Waals surface area (Å²) < 4.78 is 12.7. The van der Waals surface area contributed by atoms with Gasteiger partial charge in [0, 0.05) is 54.5 Å². The van der Waals surface area contributed by atoms with Gasteiger partial charge in [0.15, 0.2) is 5.65 Å². The Morgan fingerprint density at radius 3 is 2.69 bits per heavy atom. The topological polar surface area (TPSA) is 87.4 Å². The molecule has 1 aliphatic rings. The molecule has 5 rings (SSSR count). The molecule has 0 atom stereocenters. The second-order valence-electron chi connectivity index (χ2n) is 8.17. The first-order valence-electron chi connectivity index (χ1n) is 11.4. The number of aromatic nitrogens is 3. The Balaban J connectivity index is 1.40. The van der Waals surface area contributed by atoms with E-state index in [9.17, 15) is 5.11 Å². The molecule has 1 saturated heterocycles. The van der Waals surface area contributed by atoms with Crippen LogP contribution >= 0.6 is 12.0 Å². The number of hydrogen-bond donors (Lipinski definition) is 2. The van der Waals surface area contributed by atoms with Crippen molar-refractivity contribution in [2.75, 3.05) is 54.6 Å². The fraction of sp³-hybridized carbons (Fsp3) is 0.280. The van der Waals surface area contributed by atoms with Crippen LogP contribution in [0.25, 0.3) is 16.8 Å². The van der Waals surface area contributed by atoms with Gasteiger partial charge >= 0.3 is 0 Å². The van der Waals surface area contributed by atoms with Gasteiger partial charge in [0.2, 0.25) is 0 Å². The number of fused-ring (bicyclic) bond motifs is 1. The second kappa shape index (κ2) is 10.5. The molecule has 0 aliphatic carbocycles. The molecule has 10 heteroatoms. The number of nitrogens with one attached hydrogen (secondary N) is 1. The molecule has 0 radical (unpaired) electrons. The van der Waals surface area contributed by atoms with Gasteiger partial charge < -0.3 is 20.1 Å². The van der Waals surface area contributed by atoms with Crippen molar-refractivity contribution in [3.05, 3.63) is 66.5 Å². The van der Waals surface area contributed by atoms with Crippen LogP contribution in [0.1, 0.15) is 5.56 Å². The minimum Gasteiger partial charge on any atom is -0.378 e. The summed E-state index contributed by atoms with van der Waals surface area (Å²) in [6.45, 7) is 5.07. The lowest BCUT2D eigenvalue weighted by molar-refractivity contribution is 0.122. The minimum absolute atomic E-state index is 0.251. The van der Waals surface area contributed by atoms with E-state index in [1.807, 2.05) is 43.6 Å². The molecule has 182 valence electrons. The van der Waals surface area contributed by atoms with Crippen molar-refractivity contribution in [2.24, 2.45) is 0 Å². The SMILES string of the molecule is CSON(CO)c1cc(Nc2ccn3ncc(-c4ccc(N5CCOCC5)cc4)c3n2)ccc1C. The molecule has 0 unspecified atom stereocenters. The number of anilines is 4. The smallest absolute Gasteiger partial charge is 0.165 e. The van der Waals surface area contributed by atoms with E-state index in [0.29, 0.717) is 5.82 Å². The zero-order valence-electron chi connectivity index (χ0n) is 19.7. The van der Waals surface area contributed by atoms with Crippen LogP contribution < -0.4 is 15.3 Å². The molecule has 0 bridgehead atoms. The number of aliphatic hydroxyl groups excluding tert-OH is 1. The van der Waals surface area contributed by atoms with Crippen LogP contribution in [-0.4, -0.2) is 59.0 Å². The van der Waals surface area contributed by atoms with Crippen molar-refractivity contribution < 1.29 is 14.1 Å². The molecule has 0 amide bonds. The van der Waals surface area contributed by atoms with Crippen molar-refractivity contribution in [1.82, 2.24) is 14.6 Å². The summed E-state index contributed by atoms with van der Waals surface area (Å²) in [6, 6.07) is 16.3. The average Bonchev–Trinajstić information content (AvgIpc) is 3.32. The summed E-state index contributed by atoms with van der Waals surface area (Å²) in [6.07, 6.45) is 5.54. The van der Waals surface area contributed by atoms with Crippen molar-refractivity contribution in [3.8, 4) is 11.1 Å². The van der Waals surface area contributed by atoms with Crippen molar-refractivity contribution in [2.45, 2.75) is 6.92 Å². The Bertz CT molecular complexity index is 1290. The lowest BCUT2D eigenvalue weighted by Crippen LogP contribution is -2.36. The number of hydroxylamine groups is 1. The second-order valence-corrected chi connectivity index (χ2v) is 8.66. The Kier molecular flexibility index (Phi) is 7.05. The van der Waals surface area contributed by atoms with E-state index in [1.54, 1.807) is 10.8 Å². The molecule has 2 aromatic carbocycles. The van der Waals surface area contributed by atoms with Crippen molar-refractivity contribution >= 4 is 40.6 Å². The highest BCUT2D eigenvalue weighted by atomic mass is 32.2. The van der Waals surface area contributed by atoms with E-state index in [4.69, 9.17) is 14.0 Å². The number of ether oxygens (including phenoxy) is 1. The summed E-state index contributed by atoms with van der Waals surface area (Å²) in [5.41, 5.74) is 6.59. The van der Waals surface area contributed by atoms with Gasteiger partial charge in [-0.25, -0.2) is 18.8 Å². The van der Waals surface area contributed by atoms with Crippen LogP contribution in [0.4, 0.5) is 22.9 Å². The fourth-order valence-corrected chi connectivity index (χ4v) is 4.46. The summed E-state index contributed by atoms with van der Waals surface area (Å²) >= 11 is 1.17. The van der Waals surface area contributed by atoms with Crippen LogP contribution in [0.15, 0.2) is 60.9 Å². The zero-order chi connectivity index (χ0) is 24.2. The maximum Gasteiger partial charge on any atom is 0.165 e. The quantitative estimate of drug-likeness (QED) is 0.213. The van der Waals surface area contributed by atoms with Gasteiger partial charge in [-0.05, 0) is 48.4 Å². The summed E-state index contributed by atoms with van der Waals surface area (Å²) in [5.74, 6) is 0.695. The highest BCUT2D eigenvalue weighted by Gasteiger charge is 2.14. The molecule has 35 heavy (non-hydrogen) atoms. The number of aryl methyl sites for hydroxylation is 1. The summed E-state index contributed by atoms with van der Waals surface area (Å²) in [7, 11) is 0. The van der Waals surface area contributed by atoms with Crippen molar-refractivity contribution in [1.29, 1.82) is 0 Å². The molecular weight excluding hydrogens is 464 g/mol. The van der Waals surface area contributed by atoms with Gasteiger partial charge in [-0.2, -0.15) is 5.10 Å². The van der Waals surface area contributed by atoms with E-state index < -0.39 is 0 Å². The third kappa shape index (κ3) is 5.06. The fourth-order valence-electron chi connectivity index (χ4n) is 4.15. The molecule has 3 heterocycles. The first kappa shape index (κ1) is 23.4. The van der Waals surface area contributed by atoms with Crippen molar-refractivity contribution in [3.63, 3.8) is 0 Å². The lowest BCUT2D eigenvalue weighted by Gasteiger charge is -2.28. The van der Waals surface area contributed by atoms with E-state index in [2.05, 4.69) is 39.6 Å². The number of aliphatic hydroxyl groups is 1. The summed E-state index contributed by atoms with van der Waals surface area (Å²) in [4.78, 5) is 7.17. The predicted octanol–water partition coefficient (Wildman–Crippen LogP) is 4.25. The van der Waals surface area contributed by atoms with Crippen LogP contribution in [-0.2, 0) is 9.02 Å². The third-order valence-electron chi connectivity index (χ3n) is 5.97. The van der Waals surface area contributed by atoms with Crippen LogP contribution in [0.3, 0.4) is 0 Å². The number of benzene rings is 2. The molecule has 9 nitrogen and oxygen atoms in total. The average molecular weight is 493 g/mol. The third-order valence-corrected chi connectivity index (χ3v) is 6.30. The number of rotatable bonds is 8.